The van der Waals surface area contributed by atoms with Crippen molar-refractivity contribution in [2.24, 2.45) is 0 Å². The number of aromatic nitrogens is 2. The van der Waals surface area contributed by atoms with E-state index in [0.717, 1.165) is 5.56 Å². The molecular weight excluding hydrogens is 464 g/mol. The number of nitrogens with zero attached hydrogens (tertiary/aromatic N) is 3. The summed E-state index contributed by atoms with van der Waals surface area (Å²) in [7, 11) is 1.65. The van der Waals surface area contributed by atoms with Gasteiger partial charge in [-0.2, -0.15) is 8.78 Å². The summed E-state index contributed by atoms with van der Waals surface area (Å²) in [6.07, 6.45) is 1.53. The number of furan rings is 1. The molecule has 0 bridgehead atoms. The predicted molar refractivity (Wildman–Crippen MR) is 124 cm³/mol. The molecule has 7 nitrogen and oxygen atoms in total. The molecule has 2 aromatic carbocycles. The molecule has 34 heavy (non-hydrogen) atoms. The third kappa shape index (κ3) is 5.63. The van der Waals surface area contributed by atoms with Crippen LogP contribution >= 0.6 is 11.8 Å². The van der Waals surface area contributed by atoms with Gasteiger partial charge in [0, 0.05) is 13.6 Å². The lowest BCUT2D eigenvalue weighted by molar-refractivity contribution is -0.127. The smallest absolute Gasteiger partial charge is 0.387 e. The quantitative estimate of drug-likeness (QED) is 0.259. The molecule has 1 amide bonds. The van der Waals surface area contributed by atoms with Gasteiger partial charge < -0.3 is 14.1 Å². The number of hydrogen-bond acceptors (Lipinski definition) is 6. The van der Waals surface area contributed by atoms with Gasteiger partial charge in [-0.15, -0.1) is 0 Å². The SMILES string of the molecule is CN(Cc1ccc(OC(F)F)cc1)C(=O)CSc1nc2ccccc2c(=O)n1Cc1ccco1. The van der Waals surface area contributed by atoms with Crippen molar-refractivity contribution in [3.05, 3.63) is 88.6 Å². The van der Waals surface area contributed by atoms with E-state index in [4.69, 9.17) is 4.42 Å². The average molecular weight is 486 g/mol. The number of halogens is 2. The lowest BCUT2D eigenvalue weighted by Gasteiger charge is -2.18. The van der Waals surface area contributed by atoms with Crippen LogP contribution in [0.2, 0.25) is 0 Å². The van der Waals surface area contributed by atoms with Crippen molar-refractivity contribution in [2.45, 2.75) is 24.9 Å². The minimum Gasteiger partial charge on any atom is -0.467 e. The maximum atomic E-state index is 13.1. The highest BCUT2D eigenvalue weighted by Gasteiger charge is 2.16. The van der Waals surface area contributed by atoms with Crippen molar-refractivity contribution in [1.82, 2.24) is 14.5 Å². The molecule has 10 heteroatoms. The summed E-state index contributed by atoms with van der Waals surface area (Å²) in [6, 6.07) is 16.7. The Bertz CT molecular complexity index is 1320. The Balaban J connectivity index is 1.47. The molecule has 0 N–H and O–H groups in total. The zero-order valence-electron chi connectivity index (χ0n) is 18.2. The van der Waals surface area contributed by atoms with Crippen LogP contribution in [-0.2, 0) is 17.9 Å². The molecule has 0 unspecified atom stereocenters. The minimum atomic E-state index is -2.89. The van der Waals surface area contributed by atoms with Crippen molar-refractivity contribution in [3.63, 3.8) is 0 Å². The third-order valence-corrected chi connectivity index (χ3v) is 6.00. The van der Waals surface area contributed by atoms with Crippen molar-refractivity contribution < 1.29 is 22.7 Å². The second-order valence-electron chi connectivity index (χ2n) is 7.44. The summed E-state index contributed by atoms with van der Waals surface area (Å²) in [6.45, 7) is -2.40. The molecule has 0 saturated heterocycles. The summed E-state index contributed by atoms with van der Waals surface area (Å²) in [5, 5.41) is 0.900. The second-order valence-corrected chi connectivity index (χ2v) is 8.39. The molecule has 0 aliphatic heterocycles. The average Bonchev–Trinajstić information content (AvgIpc) is 3.34. The summed E-state index contributed by atoms with van der Waals surface area (Å²) < 4.78 is 35.8. The molecule has 2 heterocycles. The number of alkyl halides is 2. The number of carbonyl (C=O) groups excluding carboxylic acids is 1. The Morgan fingerprint density at radius 3 is 2.62 bits per heavy atom. The number of hydrogen-bond donors (Lipinski definition) is 0. The summed E-state index contributed by atoms with van der Waals surface area (Å²) >= 11 is 1.17. The number of ether oxygens (including phenoxy) is 1. The van der Waals surface area contributed by atoms with Gasteiger partial charge >= 0.3 is 6.61 Å². The van der Waals surface area contributed by atoms with Crippen LogP contribution in [0.25, 0.3) is 10.9 Å². The number of para-hydroxylation sites is 1. The van der Waals surface area contributed by atoms with E-state index in [2.05, 4.69) is 9.72 Å². The lowest BCUT2D eigenvalue weighted by Crippen LogP contribution is -2.29. The Hall–Kier alpha value is -3.66. The molecule has 0 fully saturated rings. The standard InChI is InChI=1S/C24H21F2N3O4S/c1-28(13-16-8-10-17(11-9-16)33-23(25)26)21(30)15-34-24-27-20-7-3-2-6-19(20)22(31)29(24)14-18-5-4-12-32-18/h2-12,23H,13-15H2,1H3. The summed E-state index contributed by atoms with van der Waals surface area (Å²) in [5.41, 5.74) is 1.11. The fraction of sp³-hybridized carbons (Fsp3) is 0.208. The van der Waals surface area contributed by atoms with E-state index in [1.54, 1.807) is 55.6 Å². The molecule has 176 valence electrons. The lowest BCUT2D eigenvalue weighted by atomic mass is 10.2. The van der Waals surface area contributed by atoms with Crippen LogP contribution in [0, 0.1) is 0 Å². The maximum absolute atomic E-state index is 13.1. The highest BCUT2D eigenvalue weighted by Crippen LogP contribution is 2.20. The molecule has 0 aliphatic rings. The van der Waals surface area contributed by atoms with Gasteiger partial charge in [-0.25, -0.2) is 4.98 Å². The largest absolute Gasteiger partial charge is 0.467 e. The summed E-state index contributed by atoms with van der Waals surface area (Å²) in [5.74, 6) is 0.542. The Kier molecular flexibility index (Phi) is 7.27. The molecule has 0 radical (unpaired) electrons. The monoisotopic (exact) mass is 485 g/mol. The van der Waals surface area contributed by atoms with Gasteiger partial charge in [-0.05, 0) is 42.0 Å². The number of rotatable bonds is 9. The molecule has 2 aromatic heterocycles. The molecule has 4 aromatic rings. The number of carbonyl (C=O) groups is 1. The summed E-state index contributed by atoms with van der Waals surface area (Å²) in [4.78, 5) is 32.0. The fourth-order valence-corrected chi connectivity index (χ4v) is 4.27. The maximum Gasteiger partial charge on any atom is 0.387 e. The van der Waals surface area contributed by atoms with Crippen LogP contribution < -0.4 is 10.3 Å². The Morgan fingerprint density at radius 1 is 1.15 bits per heavy atom. The van der Waals surface area contributed by atoms with Crippen molar-refractivity contribution in [3.8, 4) is 5.75 Å². The zero-order valence-corrected chi connectivity index (χ0v) is 19.0. The third-order valence-electron chi connectivity index (χ3n) is 5.04. The van der Waals surface area contributed by atoms with Gasteiger partial charge in [0.05, 0.1) is 29.5 Å². The topological polar surface area (TPSA) is 77.6 Å². The number of fused-ring (bicyclic) bond motifs is 1. The minimum absolute atomic E-state index is 0.0557. The van der Waals surface area contributed by atoms with Crippen LogP contribution in [0.5, 0.6) is 5.75 Å². The first-order chi connectivity index (χ1) is 16.4. The molecule has 4 rings (SSSR count). The van der Waals surface area contributed by atoms with Crippen molar-refractivity contribution in [2.75, 3.05) is 12.8 Å². The number of amides is 1. The first-order valence-electron chi connectivity index (χ1n) is 10.3. The molecule has 0 spiro atoms. The van der Waals surface area contributed by atoms with Crippen LogP contribution in [-0.4, -0.2) is 39.8 Å². The van der Waals surface area contributed by atoms with Gasteiger partial charge in [0.15, 0.2) is 5.16 Å². The second kappa shape index (κ2) is 10.5. The molecule has 0 atom stereocenters. The molecule has 0 saturated carbocycles. The van der Waals surface area contributed by atoms with Crippen LogP contribution in [0.15, 0.2) is 81.3 Å². The normalized spacial score (nSPS) is 11.2. The number of benzene rings is 2. The molecule has 0 aliphatic carbocycles. The van der Waals surface area contributed by atoms with E-state index >= 15 is 0 Å². The number of thioether (sulfide) groups is 1. The van der Waals surface area contributed by atoms with Crippen LogP contribution in [0.1, 0.15) is 11.3 Å². The van der Waals surface area contributed by atoms with E-state index in [1.807, 2.05) is 0 Å². The van der Waals surface area contributed by atoms with Gasteiger partial charge in [0.25, 0.3) is 5.56 Å². The van der Waals surface area contributed by atoms with E-state index in [-0.39, 0.29) is 29.5 Å². The Morgan fingerprint density at radius 2 is 1.91 bits per heavy atom. The molecular formula is C24H21F2N3O4S. The van der Waals surface area contributed by atoms with E-state index < -0.39 is 6.61 Å². The first-order valence-corrected chi connectivity index (χ1v) is 11.3. The fourth-order valence-electron chi connectivity index (χ4n) is 3.33. The van der Waals surface area contributed by atoms with E-state index in [0.29, 0.717) is 28.4 Å². The van der Waals surface area contributed by atoms with Crippen LogP contribution in [0.4, 0.5) is 8.78 Å². The van der Waals surface area contributed by atoms with Gasteiger partial charge in [0.2, 0.25) is 5.91 Å². The van der Waals surface area contributed by atoms with Gasteiger partial charge in [0.1, 0.15) is 11.5 Å². The predicted octanol–water partition coefficient (Wildman–Crippen LogP) is 4.39. The van der Waals surface area contributed by atoms with E-state index in [1.165, 1.54) is 39.6 Å². The first kappa shape index (κ1) is 23.5. The van der Waals surface area contributed by atoms with Crippen LogP contribution in [0.3, 0.4) is 0 Å². The highest BCUT2D eigenvalue weighted by molar-refractivity contribution is 7.99. The highest BCUT2D eigenvalue weighted by atomic mass is 32.2. The zero-order chi connectivity index (χ0) is 24.1. The Labute approximate surface area is 198 Å². The van der Waals surface area contributed by atoms with E-state index in [9.17, 15) is 18.4 Å². The van der Waals surface area contributed by atoms with Gasteiger partial charge in [-0.1, -0.05) is 36.0 Å². The van der Waals surface area contributed by atoms with Crippen molar-refractivity contribution >= 4 is 28.6 Å². The van der Waals surface area contributed by atoms with Crippen molar-refractivity contribution in [1.29, 1.82) is 0 Å². The van der Waals surface area contributed by atoms with Gasteiger partial charge in [-0.3, -0.25) is 14.2 Å².